The standard InChI is InChI=1S/C49H94NO7P/c1-6-8-10-12-14-16-18-20-21-22-23-24-25-26-27-28-29-30-31-33-35-37-39-41-44-54-46-48(47-56-58(52,53)55-45-43-50(3,4)5)57-49(51)42-40-38-36-34-32-19-17-15-13-11-9-7-2/h15,17-18,20,22-23,48H,6-14,16,19,21,24-47H2,1-5H3/b17-15-,20-18-,23-22-. The number of rotatable bonds is 45. The van der Waals surface area contributed by atoms with Gasteiger partial charge in [-0.25, -0.2) is 0 Å². The first-order chi connectivity index (χ1) is 28.1. The Balaban J connectivity index is 4.08. The second kappa shape index (κ2) is 42.4. The molecular formula is C49H94NO7P. The van der Waals surface area contributed by atoms with Gasteiger partial charge < -0.3 is 27.9 Å². The summed E-state index contributed by atoms with van der Waals surface area (Å²) < 4.78 is 34.6. The van der Waals surface area contributed by atoms with Gasteiger partial charge in [0.15, 0.2) is 0 Å². The van der Waals surface area contributed by atoms with Crippen LogP contribution < -0.4 is 4.89 Å². The summed E-state index contributed by atoms with van der Waals surface area (Å²) in [6.07, 6.45) is 50.2. The predicted octanol–water partition coefficient (Wildman–Crippen LogP) is 13.9. The molecule has 0 fully saturated rings. The summed E-state index contributed by atoms with van der Waals surface area (Å²) in [5, 5.41) is 0. The Morgan fingerprint density at radius 1 is 0.534 bits per heavy atom. The summed E-state index contributed by atoms with van der Waals surface area (Å²) in [7, 11) is 1.35. The number of allylic oxidation sites excluding steroid dienone is 6. The normalized spacial score (nSPS) is 14.0. The quantitative estimate of drug-likeness (QED) is 0.0198. The predicted molar refractivity (Wildman–Crippen MR) is 245 cm³/mol. The van der Waals surface area contributed by atoms with Crippen molar-refractivity contribution in [1.29, 1.82) is 0 Å². The van der Waals surface area contributed by atoms with E-state index in [1.165, 1.54) is 141 Å². The Kier molecular flexibility index (Phi) is 41.5. The lowest BCUT2D eigenvalue weighted by atomic mass is 10.0. The van der Waals surface area contributed by atoms with Crippen LogP contribution in [0.3, 0.4) is 0 Å². The Morgan fingerprint density at radius 2 is 0.948 bits per heavy atom. The van der Waals surface area contributed by atoms with E-state index in [1.54, 1.807) is 0 Å². The van der Waals surface area contributed by atoms with Gasteiger partial charge in [0.05, 0.1) is 34.4 Å². The molecule has 0 amide bonds. The molecule has 0 spiro atoms. The van der Waals surface area contributed by atoms with Gasteiger partial charge in [0.25, 0.3) is 7.82 Å². The van der Waals surface area contributed by atoms with Gasteiger partial charge >= 0.3 is 5.97 Å². The number of quaternary nitrogens is 1. The number of phosphoric ester groups is 1. The van der Waals surface area contributed by atoms with E-state index in [1.807, 2.05) is 21.1 Å². The Morgan fingerprint density at radius 3 is 1.45 bits per heavy atom. The van der Waals surface area contributed by atoms with Crippen LogP contribution >= 0.6 is 7.82 Å². The molecule has 0 bridgehead atoms. The van der Waals surface area contributed by atoms with E-state index in [2.05, 4.69) is 50.3 Å². The zero-order valence-corrected chi connectivity index (χ0v) is 39.6. The lowest BCUT2D eigenvalue weighted by Gasteiger charge is -2.28. The van der Waals surface area contributed by atoms with E-state index >= 15 is 0 Å². The van der Waals surface area contributed by atoms with Crippen LogP contribution in [0.25, 0.3) is 0 Å². The van der Waals surface area contributed by atoms with Gasteiger partial charge in [0, 0.05) is 13.0 Å². The van der Waals surface area contributed by atoms with Crippen LogP contribution in [0.1, 0.15) is 213 Å². The molecule has 0 aromatic heterocycles. The number of hydrogen-bond acceptors (Lipinski definition) is 7. The van der Waals surface area contributed by atoms with Crippen LogP contribution in [-0.4, -0.2) is 70.7 Å². The molecular weight excluding hydrogens is 746 g/mol. The highest BCUT2D eigenvalue weighted by molar-refractivity contribution is 7.45. The molecule has 0 aliphatic rings. The van der Waals surface area contributed by atoms with Crippen LogP contribution in [-0.2, 0) is 27.9 Å². The number of hydrogen-bond donors (Lipinski definition) is 0. The molecule has 9 heteroatoms. The second-order valence-corrected chi connectivity index (χ2v) is 18.9. The molecule has 0 aromatic carbocycles. The zero-order chi connectivity index (χ0) is 42.7. The molecule has 0 aromatic rings. The number of likely N-dealkylation sites (N-methyl/N-ethyl adjacent to an activating group) is 1. The molecule has 0 radical (unpaired) electrons. The molecule has 0 heterocycles. The van der Waals surface area contributed by atoms with Crippen molar-refractivity contribution in [2.45, 2.75) is 219 Å². The number of esters is 1. The van der Waals surface area contributed by atoms with Gasteiger partial charge in [-0.1, -0.05) is 172 Å². The number of ether oxygens (including phenoxy) is 2. The molecule has 58 heavy (non-hydrogen) atoms. The van der Waals surface area contributed by atoms with Gasteiger partial charge in [-0.05, 0) is 70.6 Å². The Labute approximate surface area is 359 Å². The first-order valence-electron chi connectivity index (χ1n) is 24.2. The van der Waals surface area contributed by atoms with E-state index in [4.69, 9.17) is 18.5 Å². The monoisotopic (exact) mass is 840 g/mol. The fourth-order valence-electron chi connectivity index (χ4n) is 6.63. The van der Waals surface area contributed by atoms with Crippen molar-refractivity contribution in [1.82, 2.24) is 0 Å². The average Bonchev–Trinajstić information content (AvgIpc) is 3.18. The van der Waals surface area contributed by atoms with Crippen molar-refractivity contribution in [3.8, 4) is 0 Å². The van der Waals surface area contributed by atoms with Crippen molar-refractivity contribution >= 4 is 13.8 Å². The molecule has 0 aliphatic carbocycles. The van der Waals surface area contributed by atoms with Crippen LogP contribution in [0.15, 0.2) is 36.5 Å². The Bertz CT molecular complexity index is 1020. The number of phosphoric acid groups is 1. The van der Waals surface area contributed by atoms with E-state index in [0.717, 1.165) is 51.4 Å². The number of carbonyl (C=O) groups excluding carboxylic acids is 1. The maximum absolute atomic E-state index is 12.7. The average molecular weight is 840 g/mol. The summed E-state index contributed by atoms with van der Waals surface area (Å²) in [4.78, 5) is 25.0. The Hall–Kier alpha value is -1.28. The lowest BCUT2D eigenvalue weighted by Crippen LogP contribution is -2.37. The summed E-state index contributed by atoms with van der Waals surface area (Å²) in [5.74, 6) is -0.343. The fraction of sp³-hybridized carbons (Fsp3) is 0.857. The minimum absolute atomic E-state index is 0.0246. The highest BCUT2D eigenvalue weighted by Crippen LogP contribution is 2.38. The van der Waals surface area contributed by atoms with Gasteiger partial charge in [0.1, 0.15) is 19.3 Å². The van der Waals surface area contributed by atoms with Crippen molar-refractivity contribution < 1.29 is 37.3 Å². The molecule has 342 valence electrons. The highest BCUT2D eigenvalue weighted by Gasteiger charge is 2.20. The maximum atomic E-state index is 12.7. The molecule has 0 saturated carbocycles. The molecule has 2 atom stereocenters. The van der Waals surface area contributed by atoms with Crippen LogP contribution in [0.4, 0.5) is 0 Å². The maximum Gasteiger partial charge on any atom is 0.306 e. The van der Waals surface area contributed by atoms with E-state index in [-0.39, 0.29) is 25.8 Å². The van der Waals surface area contributed by atoms with Gasteiger partial charge in [-0.3, -0.25) is 9.36 Å². The SMILES string of the molecule is CCCCC/C=C\CCCCCCCC(=O)OC(COCCCCCCCCCCCCCC/C=C\C/C=C\CCCCCCC)COP(=O)([O-])OCC[N+](C)(C)C. The lowest BCUT2D eigenvalue weighted by molar-refractivity contribution is -0.870. The van der Waals surface area contributed by atoms with Gasteiger partial charge in [0.2, 0.25) is 0 Å². The third-order valence-electron chi connectivity index (χ3n) is 10.4. The second-order valence-electron chi connectivity index (χ2n) is 17.5. The topological polar surface area (TPSA) is 94.1 Å². The minimum atomic E-state index is -4.53. The van der Waals surface area contributed by atoms with E-state index in [0.29, 0.717) is 24.1 Å². The first-order valence-corrected chi connectivity index (χ1v) is 25.7. The van der Waals surface area contributed by atoms with Crippen molar-refractivity contribution in [3.05, 3.63) is 36.5 Å². The smallest absolute Gasteiger partial charge is 0.306 e. The molecule has 0 N–H and O–H groups in total. The molecule has 0 saturated heterocycles. The van der Waals surface area contributed by atoms with Crippen LogP contribution in [0, 0.1) is 0 Å². The number of carbonyl (C=O) groups is 1. The molecule has 2 unspecified atom stereocenters. The van der Waals surface area contributed by atoms with Gasteiger partial charge in [-0.15, -0.1) is 0 Å². The van der Waals surface area contributed by atoms with E-state index in [9.17, 15) is 14.3 Å². The zero-order valence-electron chi connectivity index (χ0n) is 38.7. The van der Waals surface area contributed by atoms with Crippen molar-refractivity contribution in [2.75, 3.05) is 54.1 Å². The number of unbranched alkanes of at least 4 members (excludes halogenated alkanes) is 25. The largest absolute Gasteiger partial charge is 0.756 e. The van der Waals surface area contributed by atoms with Crippen molar-refractivity contribution in [3.63, 3.8) is 0 Å². The highest BCUT2D eigenvalue weighted by atomic mass is 31.2. The van der Waals surface area contributed by atoms with Crippen molar-refractivity contribution in [2.24, 2.45) is 0 Å². The third-order valence-corrected chi connectivity index (χ3v) is 11.4. The van der Waals surface area contributed by atoms with Crippen LogP contribution in [0.5, 0.6) is 0 Å². The molecule has 0 aliphatic heterocycles. The third kappa shape index (κ3) is 45.8. The van der Waals surface area contributed by atoms with E-state index < -0.39 is 13.9 Å². The minimum Gasteiger partial charge on any atom is -0.756 e. The summed E-state index contributed by atoms with van der Waals surface area (Å²) in [5.41, 5.74) is 0. The fourth-order valence-corrected chi connectivity index (χ4v) is 7.36. The summed E-state index contributed by atoms with van der Waals surface area (Å²) >= 11 is 0. The van der Waals surface area contributed by atoms with Crippen LogP contribution in [0.2, 0.25) is 0 Å². The molecule has 0 rings (SSSR count). The molecule has 8 nitrogen and oxygen atoms in total. The summed E-state index contributed by atoms with van der Waals surface area (Å²) in [6.45, 7) is 5.38. The summed E-state index contributed by atoms with van der Waals surface area (Å²) in [6, 6.07) is 0. The first kappa shape index (κ1) is 56.7. The van der Waals surface area contributed by atoms with Gasteiger partial charge in [-0.2, -0.15) is 0 Å². The number of nitrogens with zero attached hydrogens (tertiary/aromatic N) is 1.